The van der Waals surface area contributed by atoms with Crippen molar-refractivity contribution in [3.8, 4) is 0 Å². The molecule has 1 atom stereocenters. The highest BCUT2D eigenvalue weighted by Gasteiger charge is 2.09. The predicted octanol–water partition coefficient (Wildman–Crippen LogP) is 1.87. The lowest BCUT2D eigenvalue weighted by atomic mass is 10.4. The Balaban J connectivity index is 3.28. The highest BCUT2D eigenvalue weighted by atomic mass is 28.3. The van der Waals surface area contributed by atoms with Crippen molar-refractivity contribution in [3.05, 3.63) is 12.2 Å². The van der Waals surface area contributed by atoms with E-state index in [1.165, 1.54) is 0 Å². The van der Waals surface area contributed by atoms with Gasteiger partial charge in [-0.25, -0.2) is 0 Å². The van der Waals surface area contributed by atoms with Gasteiger partial charge in [0, 0.05) is 20.3 Å². The van der Waals surface area contributed by atoms with Crippen LogP contribution in [0, 0.1) is 0 Å². The summed E-state index contributed by atoms with van der Waals surface area (Å²) in [5, 5.41) is 0. The van der Waals surface area contributed by atoms with Crippen molar-refractivity contribution in [1.82, 2.24) is 0 Å². The van der Waals surface area contributed by atoms with Crippen LogP contribution in [0.3, 0.4) is 0 Å². The van der Waals surface area contributed by atoms with Crippen LogP contribution in [0.2, 0.25) is 6.04 Å². The summed E-state index contributed by atoms with van der Waals surface area (Å²) in [4.78, 5) is 0. The molecule has 0 amide bonds. The minimum atomic E-state index is -1.38. The normalized spacial score (nSPS) is 12.8. The summed E-state index contributed by atoms with van der Waals surface area (Å²) in [6, 6.07) is 1.01. The van der Waals surface area contributed by atoms with E-state index in [-0.39, 0.29) is 0 Å². The minimum Gasteiger partial charge on any atom is -0.400 e. The molecule has 0 aromatic heterocycles. The molecular formula is C10H22O3Si. The second-order valence-electron chi connectivity index (χ2n) is 3.27. The summed E-state index contributed by atoms with van der Waals surface area (Å²) in [5.41, 5.74) is 1.07. The molecule has 3 nitrogen and oxygen atoms in total. The molecule has 0 saturated carbocycles. The van der Waals surface area contributed by atoms with Gasteiger partial charge in [-0.05, 0) is 26.3 Å². The van der Waals surface area contributed by atoms with Crippen molar-refractivity contribution in [2.45, 2.75) is 26.3 Å². The van der Waals surface area contributed by atoms with E-state index in [9.17, 15) is 0 Å². The molecule has 14 heavy (non-hydrogen) atoms. The third-order valence-electron chi connectivity index (χ3n) is 1.69. The summed E-state index contributed by atoms with van der Waals surface area (Å²) in [6.45, 7) is 9.91. The van der Waals surface area contributed by atoms with E-state index < -0.39 is 9.28 Å². The first-order chi connectivity index (χ1) is 6.70. The van der Waals surface area contributed by atoms with Crippen LogP contribution in [0.5, 0.6) is 0 Å². The fraction of sp³-hybridized carbons (Fsp3) is 0.800. The van der Waals surface area contributed by atoms with Gasteiger partial charge in [0.25, 0.3) is 0 Å². The van der Waals surface area contributed by atoms with Crippen LogP contribution >= 0.6 is 0 Å². The van der Waals surface area contributed by atoms with Gasteiger partial charge in [-0.1, -0.05) is 12.2 Å². The molecule has 0 aliphatic rings. The summed E-state index contributed by atoms with van der Waals surface area (Å²) in [7, 11) is 0.341. The summed E-state index contributed by atoms with van der Waals surface area (Å²) < 4.78 is 16.1. The van der Waals surface area contributed by atoms with Gasteiger partial charge in [0.05, 0.1) is 6.61 Å². The number of rotatable bonds is 9. The van der Waals surface area contributed by atoms with E-state index in [1.54, 1.807) is 7.11 Å². The molecule has 0 fully saturated rings. The Bertz CT molecular complexity index is 150. The molecule has 0 N–H and O–H groups in total. The highest BCUT2D eigenvalue weighted by Crippen LogP contribution is 2.01. The fourth-order valence-electron chi connectivity index (χ4n) is 1.05. The van der Waals surface area contributed by atoms with E-state index in [2.05, 4.69) is 6.58 Å². The van der Waals surface area contributed by atoms with E-state index >= 15 is 0 Å². The van der Waals surface area contributed by atoms with Crippen LogP contribution < -0.4 is 0 Å². The van der Waals surface area contributed by atoms with Crippen LogP contribution in [-0.4, -0.2) is 36.2 Å². The molecule has 1 unspecified atom stereocenters. The topological polar surface area (TPSA) is 27.7 Å². The molecule has 0 saturated heterocycles. The maximum absolute atomic E-state index is 5.46. The highest BCUT2D eigenvalue weighted by molar-refractivity contribution is 6.44. The van der Waals surface area contributed by atoms with Crippen molar-refractivity contribution in [3.63, 3.8) is 0 Å². The van der Waals surface area contributed by atoms with E-state index in [0.29, 0.717) is 6.61 Å². The van der Waals surface area contributed by atoms with Gasteiger partial charge in [-0.2, -0.15) is 0 Å². The summed E-state index contributed by atoms with van der Waals surface area (Å²) >= 11 is 0. The van der Waals surface area contributed by atoms with Gasteiger partial charge in [0.15, 0.2) is 0 Å². The molecule has 0 heterocycles. The van der Waals surface area contributed by atoms with Gasteiger partial charge in [0.1, 0.15) is 0 Å². The molecule has 0 aliphatic carbocycles. The maximum Gasteiger partial charge on any atom is 0.321 e. The fourth-order valence-corrected chi connectivity index (χ4v) is 2.46. The average Bonchev–Trinajstić information content (AvgIpc) is 2.15. The molecule has 0 aliphatic heterocycles. The standard InChI is InChI=1S/C10H22O3Si/c1-5-13-14(11-4)8-6-7-12-9-10(2)3/h14H,2,5-9H2,1,3-4H3. The van der Waals surface area contributed by atoms with Crippen molar-refractivity contribution in [2.75, 3.05) is 26.9 Å². The van der Waals surface area contributed by atoms with E-state index in [4.69, 9.17) is 13.6 Å². The van der Waals surface area contributed by atoms with Gasteiger partial charge < -0.3 is 13.6 Å². The Labute approximate surface area is 88.9 Å². The summed E-state index contributed by atoms with van der Waals surface area (Å²) in [5.74, 6) is 0. The van der Waals surface area contributed by atoms with Crippen LogP contribution in [0.1, 0.15) is 20.3 Å². The second-order valence-corrected chi connectivity index (χ2v) is 5.51. The second kappa shape index (κ2) is 9.39. The Morgan fingerprint density at radius 2 is 2.14 bits per heavy atom. The zero-order valence-corrected chi connectivity index (χ0v) is 10.7. The first-order valence-electron chi connectivity index (χ1n) is 5.07. The van der Waals surface area contributed by atoms with Gasteiger partial charge >= 0.3 is 9.28 Å². The molecule has 0 bridgehead atoms. The van der Waals surface area contributed by atoms with Crippen LogP contribution in [0.25, 0.3) is 0 Å². The van der Waals surface area contributed by atoms with Gasteiger partial charge in [0.2, 0.25) is 0 Å². The summed E-state index contributed by atoms with van der Waals surface area (Å²) in [6.07, 6.45) is 1.01. The lowest BCUT2D eigenvalue weighted by Crippen LogP contribution is -2.21. The molecule has 84 valence electrons. The van der Waals surface area contributed by atoms with Crippen LogP contribution in [-0.2, 0) is 13.6 Å². The maximum atomic E-state index is 5.46. The van der Waals surface area contributed by atoms with Gasteiger partial charge in [-0.15, -0.1) is 0 Å². The minimum absolute atomic E-state index is 0.661. The predicted molar refractivity (Wildman–Crippen MR) is 60.8 cm³/mol. The van der Waals surface area contributed by atoms with E-state index in [0.717, 1.165) is 31.3 Å². The number of ether oxygens (including phenoxy) is 1. The Kier molecular flexibility index (Phi) is 9.28. The molecule has 4 heteroatoms. The largest absolute Gasteiger partial charge is 0.400 e. The van der Waals surface area contributed by atoms with Crippen molar-refractivity contribution >= 4 is 9.28 Å². The van der Waals surface area contributed by atoms with Crippen LogP contribution in [0.15, 0.2) is 12.2 Å². The lowest BCUT2D eigenvalue weighted by molar-refractivity contribution is 0.153. The Hall–Kier alpha value is -0.163. The quantitative estimate of drug-likeness (QED) is 0.336. The van der Waals surface area contributed by atoms with Crippen molar-refractivity contribution in [2.24, 2.45) is 0 Å². The monoisotopic (exact) mass is 218 g/mol. The van der Waals surface area contributed by atoms with E-state index in [1.807, 2.05) is 13.8 Å². The molecule has 0 radical (unpaired) electrons. The third-order valence-corrected chi connectivity index (χ3v) is 3.80. The SMILES string of the molecule is C=C(C)COCCC[SiH](OC)OCC. The Morgan fingerprint density at radius 1 is 1.43 bits per heavy atom. The number of hydrogen-bond donors (Lipinski definition) is 0. The molecule has 0 spiro atoms. The first kappa shape index (κ1) is 13.8. The first-order valence-corrected chi connectivity index (χ1v) is 6.83. The lowest BCUT2D eigenvalue weighted by Gasteiger charge is -2.12. The smallest absolute Gasteiger partial charge is 0.321 e. The Morgan fingerprint density at radius 3 is 2.64 bits per heavy atom. The molecule has 0 aromatic carbocycles. The van der Waals surface area contributed by atoms with Gasteiger partial charge in [-0.3, -0.25) is 0 Å². The average molecular weight is 218 g/mol. The zero-order valence-electron chi connectivity index (χ0n) is 9.54. The van der Waals surface area contributed by atoms with Crippen molar-refractivity contribution in [1.29, 1.82) is 0 Å². The zero-order chi connectivity index (χ0) is 10.8. The van der Waals surface area contributed by atoms with Crippen molar-refractivity contribution < 1.29 is 13.6 Å². The number of hydrogen-bond acceptors (Lipinski definition) is 3. The molecular weight excluding hydrogens is 196 g/mol. The third kappa shape index (κ3) is 8.44. The molecule has 0 rings (SSSR count). The molecule has 0 aromatic rings. The van der Waals surface area contributed by atoms with Crippen LogP contribution in [0.4, 0.5) is 0 Å².